The minimum Gasteiger partial charge on any atom is -0.394 e. The van der Waals surface area contributed by atoms with E-state index in [1.165, 1.54) is 6.92 Å². The largest absolute Gasteiger partial charge is 0.394 e. The molecule has 0 aromatic heterocycles. The molecule has 0 radical (unpaired) electrons. The van der Waals surface area contributed by atoms with Crippen molar-refractivity contribution >= 4 is 0 Å². The highest BCUT2D eigenvalue weighted by Gasteiger charge is 2.49. The Labute approximate surface area is 197 Å². The molecule has 15 heteroatoms. The minimum atomic E-state index is -1.46. The number of aliphatic hydroxyl groups excluding tert-OH is 6. The van der Waals surface area contributed by atoms with Crippen molar-refractivity contribution in [2.75, 3.05) is 19.7 Å². The smallest absolute Gasteiger partial charge is 0.186 e. The van der Waals surface area contributed by atoms with Crippen LogP contribution in [0, 0.1) is 0 Å². The standard InChI is InChI=1S/C19H41N5O10/c1-6(31-10(4-21)13(27)9(26)3-20)32-17-7(22)2-8(23)18(16(17)30)34-19-15(29)12(24)14(28)11(5-25)33-19/h6-19,25-30H,2-5,20-24H2,1H3/t6?,7?,8?,9?,10?,11?,12?,13-,14+,15?,16-,17?,18?,19+/m0/s1. The third-order valence-corrected chi connectivity index (χ3v) is 6.25. The van der Waals surface area contributed by atoms with E-state index in [0.29, 0.717) is 0 Å². The van der Waals surface area contributed by atoms with Gasteiger partial charge in [0.25, 0.3) is 0 Å². The van der Waals surface area contributed by atoms with Crippen LogP contribution in [0.15, 0.2) is 0 Å². The first-order valence-corrected chi connectivity index (χ1v) is 11.3. The Morgan fingerprint density at radius 1 is 0.941 bits per heavy atom. The summed E-state index contributed by atoms with van der Waals surface area (Å²) in [7, 11) is 0. The maximum atomic E-state index is 10.9. The number of aliphatic hydroxyl groups is 6. The van der Waals surface area contributed by atoms with Crippen LogP contribution in [0.25, 0.3) is 0 Å². The molecule has 34 heavy (non-hydrogen) atoms. The molecule has 1 heterocycles. The van der Waals surface area contributed by atoms with Crippen LogP contribution in [0.2, 0.25) is 0 Å². The van der Waals surface area contributed by atoms with Crippen molar-refractivity contribution in [2.45, 2.75) is 99.0 Å². The third-order valence-electron chi connectivity index (χ3n) is 6.25. The zero-order valence-electron chi connectivity index (χ0n) is 19.1. The van der Waals surface area contributed by atoms with Crippen LogP contribution in [0.4, 0.5) is 0 Å². The number of hydrogen-bond acceptors (Lipinski definition) is 15. The van der Waals surface area contributed by atoms with Crippen LogP contribution >= 0.6 is 0 Å². The van der Waals surface area contributed by atoms with Gasteiger partial charge in [0.2, 0.25) is 0 Å². The van der Waals surface area contributed by atoms with Crippen molar-refractivity contribution < 1.29 is 49.6 Å². The molecular formula is C19H41N5O10. The lowest BCUT2D eigenvalue weighted by Crippen LogP contribution is -2.67. The quantitative estimate of drug-likeness (QED) is 0.118. The lowest BCUT2D eigenvalue weighted by Gasteiger charge is -2.46. The lowest BCUT2D eigenvalue weighted by molar-refractivity contribution is -0.311. The molecule has 202 valence electrons. The van der Waals surface area contributed by atoms with Crippen LogP contribution in [0.1, 0.15) is 13.3 Å². The molecule has 15 nitrogen and oxygen atoms in total. The molecule has 2 rings (SSSR count). The summed E-state index contributed by atoms with van der Waals surface area (Å²) < 4.78 is 22.5. The van der Waals surface area contributed by atoms with Crippen LogP contribution in [-0.2, 0) is 18.9 Å². The lowest BCUT2D eigenvalue weighted by atomic mass is 9.84. The number of ether oxygens (including phenoxy) is 4. The van der Waals surface area contributed by atoms with Gasteiger partial charge in [-0.05, 0) is 13.3 Å². The van der Waals surface area contributed by atoms with E-state index in [1.807, 2.05) is 0 Å². The van der Waals surface area contributed by atoms with Gasteiger partial charge in [-0.2, -0.15) is 0 Å². The molecule has 1 saturated heterocycles. The summed E-state index contributed by atoms with van der Waals surface area (Å²) >= 11 is 0. The molecule has 0 amide bonds. The zero-order chi connectivity index (χ0) is 25.7. The van der Waals surface area contributed by atoms with Gasteiger partial charge in [0.15, 0.2) is 12.6 Å². The molecule has 14 atom stereocenters. The molecule has 0 aromatic carbocycles. The summed E-state index contributed by atoms with van der Waals surface area (Å²) in [5.74, 6) is 0. The highest BCUT2D eigenvalue weighted by molar-refractivity contribution is 5.00. The van der Waals surface area contributed by atoms with Crippen molar-refractivity contribution in [2.24, 2.45) is 28.7 Å². The molecule has 1 aliphatic heterocycles. The van der Waals surface area contributed by atoms with E-state index in [9.17, 15) is 30.6 Å². The van der Waals surface area contributed by atoms with Crippen LogP contribution in [-0.4, -0.2) is 136 Å². The van der Waals surface area contributed by atoms with Gasteiger partial charge in [-0.15, -0.1) is 0 Å². The average Bonchev–Trinajstić information content (AvgIpc) is 2.81. The van der Waals surface area contributed by atoms with Crippen LogP contribution < -0.4 is 28.7 Å². The van der Waals surface area contributed by atoms with E-state index >= 15 is 0 Å². The van der Waals surface area contributed by atoms with Crippen molar-refractivity contribution in [1.29, 1.82) is 0 Å². The first-order chi connectivity index (χ1) is 16.0. The second-order valence-electron chi connectivity index (χ2n) is 8.81. The van der Waals surface area contributed by atoms with E-state index in [0.717, 1.165) is 0 Å². The highest BCUT2D eigenvalue weighted by atomic mass is 16.7. The van der Waals surface area contributed by atoms with E-state index in [4.69, 9.17) is 47.6 Å². The summed E-state index contributed by atoms with van der Waals surface area (Å²) in [6.45, 7) is 0.580. The van der Waals surface area contributed by atoms with Crippen molar-refractivity contribution in [3.05, 3.63) is 0 Å². The Balaban J connectivity index is 2.06. The fourth-order valence-corrected chi connectivity index (χ4v) is 4.18. The molecular weight excluding hydrogens is 458 g/mol. The molecule has 2 aliphatic rings. The number of nitrogens with two attached hydrogens (primary N) is 5. The highest BCUT2D eigenvalue weighted by Crippen LogP contribution is 2.29. The first kappa shape index (κ1) is 29.6. The Kier molecular flexibility index (Phi) is 11.4. The molecule has 0 bridgehead atoms. The second kappa shape index (κ2) is 13.1. The Morgan fingerprint density at radius 2 is 1.56 bits per heavy atom. The maximum Gasteiger partial charge on any atom is 0.186 e. The Morgan fingerprint density at radius 3 is 2.12 bits per heavy atom. The summed E-state index contributed by atoms with van der Waals surface area (Å²) in [4.78, 5) is 0. The van der Waals surface area contributed by atoms with Crippen molar-refractivity contribution in [3.63, 3.8) is 0 Å². The monoisotopic (exact) mass is 499 g/mol. The maximum absolute atomic E-state index is 10.9. The zero-order valence-corrected chi connectivity index (χ0v) is 19.1. The molecule has 16 N–H and O–H groups in total. The van der Waals surface area contributed by atoms with Crippen molar-refractivity contribution in [3.8, 4) is 0 Å². The molecule has 0 aromatic rings. The Bertz CT molecular complexity index is 610. The van der Waals surface area contributed by atoms with Crippen LogP contribution in [0.5, 0.6) is 0 Å². The molecule has 1 saturated carbocycles. The van der Waals surface area contributed by atoms with E-state index in [2.05, 4.69) is 0 Å². The predicted molar refractivity (Wildman–Crippen MR) is 117 cm³/mol. The number of rotatable bonds is 11. The van der Waals surface area contributed by atoms with Gasteiger partial charge in [0.1, 0.15) is 48.8 Å². The molecule has 0 spiro atoms. The fraction of sp³-hybridized carbons (Fsp3) is 1.00. The average molecular weight is 500 g/mol. The normalized spacial score (nSPS) is 42.7. The minimum absolute atomic E-state index is 0.142. The fourth-order valence-electron chi connectivity index (χ4n) is 4.18. The third kappa shape index (κ3) is 6.78. The summed E-state index contributed by atoms with van der Waals surface area (Å²) in [6, 6.07) is -2.66. The predicted octanol–water partition coefficient (Wildman–Crippen LogP) is -6.69. The summed E-state index contributed by atoms with van der Waals surface area (Å²) in [5, 5.41) is 60.5. The van der Waals surface area contributed by atoms with Gasteiger partial charge in [-0.25, -0.2) is 0 Å². The van der Waals surface area contributed by atoms with E-state index < -0.39 is 92.2 Å². The van der Waals surface area contributed by atoms with E-state index in [-0.39, 0.29) is 19.5 Å². The number of hydrogen-bond donors (Lipinski definition) is 11. The topological polar surface area (TPSA) is 288 Å². The summed E-state index contributed by atoms with van der Waals surface area (Å²) in [6.07, 6.45) is -13.3. The van der Waals surface area contributed by atoms with Gasteiger partial charge >= 0.3 is 0 Å². The second-order valence-corrected chi connectivity index (χ2v) is 8.81. The first-order valence-electron chi connectivity index (χ1n) is 11.3. The van der Waals surface area contributed by atoms with Crippen LogP contribution in [0.3, 0.4) is 0 Å². The Hall–Kier alpha value is -0.600. The molecule has 10 unspecified atom stereocenters. The van der Waals surface area contributed by atoms with E-state index in [1.54, 1.807) is 0 Å². The van der Waals surface area contributed by atoms with Crippen molar-refractivity contribution in [1.82, 2.24) is 0 Å². The van der Waals surface area contributed by atoms with Gasteiger partial charge < -0.3 is 78.3 Å². The SMILES string of the molecule is CC(OC(CN)[C@@H](O)C(O)CN)OC1C(N)CC(N)C(O[C@H]2OC(CO)[C@@H](O)C(N)C2O)[C@H]1O. The summed E-state index contributed by atoms with van der Waals surface area (Å²) in [5.41, 5.74) is 29.0. The molecule has 2 fully saturated rings. The van der Waals surface area contributed by atoms with Gasteiger partial charge in [-0.3, -0.25) is 0 Å². The molecule has 1 aliphatic carbocycles. The van der Waals surface area contributed by atoms with Gasteiger partial charge in [0, 0.05) is 25.2 Å². The van der Waals surface area contributed by atoms with Gasteiger partial charge in [-0.1, -0.05) is 0 Å². The van der Waals surface area contributed by atoms with Gasteiger partial charge in [0.05, 0.1) is 18.8 Å².